The van der Waals surface area contributed by atoms with Gasteiger partial charge in [-0.15, -0.1) is 0 Å². The molecule has 0 saturated carbocycles. The molecule has 0 atom stereocenters. The molecule has 27 heavy (non-hydrogen) atoms. The maximum atomic E-state index is 12.5. The Labute approximate surface area is 160 Å². The number of carbonyl (C=O) groups excluding carboxylic acids is 1. The molecule has 3 rings (SSSR count). The Balaban J connectivity index is 1.87. The maximum absolute atomic E-state index is 12.5. The SMILES string of the molecule is Cn1c(=O)n(C)c2cc(NC(=O)c3ccc(NS(C)(=O)=O)c(Cl)c3)ccc21. The second-order valence-corrected chi connectivity index (χ2v) is 8.28. The van der Waals surface area contributed by atoms with Gasteiger partial charge >= 0.3 is 5.69 Å². The second kappa shape index (κ2) is 6.75. The van der Waals surface area contributed by atoms with Crippen molar-refractivity contribution in [3.05, 3.63) is 57.5 Å². The molecule has 0 fully saturated rings. The van der Waals surface area contributed by atoms with Gasteiger partial charge in [0.2, 0.25) is 10.0 Å². The van der Waals surface area contributed by atoms with Crippen LogP contribution in [0.5, 0.6) is 0 Å². The highest BCUT2D eigenvalue weighted by Crippen LogP contribution is 2.25. The number of halogens is 1. The number of hydrogen-bond acceptors (Lipinski definition) is 4. The maximum Gasteiger partial charge on any atom is 0.328 e. The van der Waals surface area contributed by atoms with Crippen LogP contribution in [0.15, 0.2) is 41.2 Å². The van der Waals surface area contributed by atoms with Crippen LogP contribution in [0.25, 0.3) is 11.0 Å². The zero-order valence-corrected chi connectivity index (χ0v) is 16.4. The highest BCUT2D eigenvalue weighted by Gasteiger charge is 2.13. The number of fused-ring (bicyclic) bond motifs is 1. The molecule has 8 nitrogen and oxygen atoms in total. The fourth-order valence-corrected chi connectivity index (χ4v) is 3.59. The van der Waals surface area contributed by atoms with Crippen LogP contribution in [0.1, 0.15) is 10.4 Å². The van der Waals surface area contributed by atoms with Gasteiger partial charge in [-0.2, -0.15) is 0 Å². The molecule has 0 saturated heterocycles. The van der Waals surface area contributed by atoms with Crippen molar-refractivity contribution in [2.45, 2.75) is 0 Å². The lowest BCUT2D eigenvalue weighted by Gasteiger charge is -2.09. The Kier molecular flexibility index (Phi) is 4.75. The van der Waals surface area contributed by atoms with Crippen LogP contribution in [-0.2, 0) is 24.1 Å². The zero-order chi connectivity index (χ0) is 19.9. The van der Waals surface area contributed by atoms with Crippen LogP contribution >= 0.6 is 11.6 Å². The van der Waals surface area contributed by atoms with Gasteiger partial charge in [0.15, 0.2) is 0 Å². The van der Waals surface area contributed by atoms with Crippen LogP contribution in [0.4, 0.5) is 11.4 Å². The first-order valence-electron chi connectivity index (χ1n) is 7.81. The minimum atomic E-state index is -3.47. The van der Waals surface area contributed by atoms with Crippen LogP contribution < -0.4 is 15.7 Å². The molecule has 0 aliphatic rings. The number of nitrogens with zero attached hydrogens (tertiary/aromatic N) is 2. The van der Waals surface area contributed by atoms with Crippen LogP contribution in [0, 0.1) is 0 Å². The van der Waals surface area contributed by atoms with Crippen LogP contribution in [0.2, 0.25) is 5.02 Å². The number of carbonyl (C=O) groups is 1. The molecular formula is C17H17ClN4O4S. The lowest BCUT2D eigenvalue weighted by Crippen LogP contribution is -2.19. The first-order chi connectivity index (χ1) is 12.6. The number of amides is 1. The number of rotatable bonds is 4. The molecule has 1 heterocycles. The van der Waals surface area contributed by atoms with Crippen LogP contribution in [-0.4, -0.2) is 29.7 Å². The van der Waals surface area contributed by atoms with E-state index in [0.717, 1.165) is 11.8 Å². The van der Waals surface area contributed by atoms with Crippen molar-refractivity contribution >= 4 is 49.9 Å². The third-order valence-electron chi connectivity index (χ3n) is 4.06. The Hall–Kier alpha value is -2.78. The summed E-state index contributed by atoms with van der Waals surface area (Å²) >= 11 is 6.05. The molecule has 0 bridgehead atoms. The molecule has 0 radical (unpaired) electrons. The number of nitrogens with one attached hydrogen (secondary N) is 2. The predicted molar refractivity (Wildman–Crippen MR) is 106 cm³/mol. The Bertz CT molecular complexity index is 1230. The largest absolute Gasteiger partial charge is 0.328 e. The molecular weight excluding hydrogens is 392 g/mol. The molecule has 10 heteroatoms. The van der Waals surface area contributed by atoms with Crippen molar-refractivity contribution in [1.29, 1.82) is 0 Å². The summed E-state index contributed by atoms with van der Waals surface area (Å²) in [5.41, 5.74) is 2.25. The fraction of sp³-hybridized carbons (Fsp3) is 0.176. The van der Waals surface area contributed by atoms with E-state index in [-0.39, 0.29) is 22.0 Å². The van der Waals surface area contributed by atoms with Crippen molar-refractivity contribution < 1.29 is 13.2 Å². The van der Waals surface area contributed by atoms with Gasteiger partial charge < -0.3 is 5.32 Å². The van der Waals surface area contributed by atoms with Gasteiger partial charge in [0.05, 0.1) is 28.0 Å². The van der Waals surface area contributed by atoms with E-state index in [9.17, 15) is 18.0 Å². The molecule has 142 valence electrons. The number of hydrogen-bond donors (Lipinski definition) is 2. The van der Waals surface area contributed by atoms with Gasteiger partial charge in [-0.1, -0.05) is 11.6 Å². The normalized spacial score (nSPS) is 11.6. The molecule has 3 aromatic rings. The number of benzene rings is 2. The number of anilines is 2. The quantitative estimate of drug-likeness (QED) is 0.690. The van der Waals surface area contributed by atoms with E-state index in [1.807, 2.05) is 0 Å². The standard InChI is InChI=1S/C17H17ClN4O4S/c1-21-14-7-5-11(9-15(14)22(2)17(21)24)19-16(23)10-4-6-13(12(18)8-10)20-27(3,25)26/h4-9,20H,1-3H3,(H,19,23). The summed E-state index contributed by atoms with van der Waals surface area (Å²) in [7, 11) is -0.139. The van der Waals surface area contributed by atoms with E-state index in [2.05, 4.69) is 10.0 Å². The lowest BCUT2D eigenvalue weighted by atomic mass is 10.2. The first-order valence-corrected chi connectivity index (χ1v) is 10.1. The van der Waals surface area contributed by atoms with Crippen molar-refractivity contribution in [2.75, 3.05) is 16.3 Å². The van der Waals surface area contributed by atoms with Gasteiger partial charge in [0.1, 0.15) is 0 Å². The number of aryl methyl sites for hydroxylation is 2. The summed E-state index contributed by atoms with van der Waals surface area (Å²) in [6.45, 7) is 0. The van der Waals surface area contributed by atoms with Crippen LogP contribution in [0.3, 0.4) is 0 Å². The lowest BCUT2D eigenvalue weighted by molar-refractivity contribution is 0.102. The minimum Gasteiger partial charge on any atom is -0.322 e. The Morgan fingerprint density at radius 3 is 2.33 bits per heavy atom. The highest BCUT2D eigenvalue weighted by molar-refractivity contribution is 7.92. The van der Waals surface area contributed by atoms with Gasteiger partial charge in [0.25, 0.3) is 5.91 Å². The topological polar surface area (TPSA) is 102 Å². The average Bonchev–Trinajstić information content (AvgIpc) is 2.80. The van der Waals surface area contributed by atoms with Crippen molar-refractivity contribution in [2.24, 2.45) is 14.1 Å². The van der Waals surface area contributed by atoms with E-state index in [0.29, 0.717) is 11.2 Å². The summed E-state index contributed by atoms with van der Waals surface area (Å²) in [4.78, 5) is 24.5. The van der Waals surface area contributed by atoms with Crippen molar-refractivity contribution in [3.63, 3.8) is 0 Å². The van der Waals surface area contributed by atoms with Gasteiger partial charge in [0, 0.05) is 25.3 Å². The zero-order valence-electron chi connectivity index (χ0n) is 14.8. The fourth-order valence-electron chi connectivity index (χ4n) is 2.73. The number of imidazole rings is 1. The summed E-state index contributed by atoms with van der Waals surface area (Å²) in [6.07, 6.45) is 1.01. The van der Waals surface area contributed by atoms with E-state index >= 15 is 0 Å². The summed E-state index contributed by atoms with van der Waals surface area (Å²) in [5.74, 6) is -0.414. The molecule has 2 aromatic carbocycles. The van der Waals surface area contributed by atoms with E-state index in [1.165, 1.54) is 27.3 Å². The number of aromatic nitrogens is 2. The Morgan fingerprint density at radius 2 is 1.70 bits per heavy atom. The third-order valence-corrected chi connectivity index (χ3v) is 4.96. The molecule has 0 aliphatic heterocycles. The molecule has 0 aliphatic carbocycles. The summed E-state index contributed by atoms with van der Waals surface area (Å²) in [5, 5.41) is 2.85. The predicted octanol–water partition coefficient (Wildman–Crippen LogP) is 2.15. The van der Waals surface area contributed by atoms with E-state index in [4.69, 9.17) is 11.6 Å². The van der Waals surface area contributed by atoms with Crippen molar-refractivity contribution in [3.8, 4) is 0 Å². The third kappa shape index (κ3) is 3.83. The molecule has 1 aromatic heterocycles. The van der Waals surface area contributed by atoms with E-state index in [1.54, 1.807) is 32.3 Å². The highest BCUT2D eigenvalue weighted by atomic mass is 35.5. The smallest absolute Gasteiger partial charge is 0.322 e. The number of sulfonamides is 1. The molecule has 2 N–H and O–H groups in total. The van der Waals surface area contributed by atoms with Gasteiger partial charge in [-0.3, -0.25) is 18.7 Å². The van der Waals surface area contributed by atoms with E-state index < -0.39 is 15.9 Å². The molecule has 1 amide bonds. The summed E-state index contributed by atoms with van der Waals surface area (Å²) in [6, 6.07) is 9.41. The molecule has 0 spiro atoms. The summed E-state index contributed by atoms with van der Waals surface area (Å²) < 4.78 is 27.9. The molecule has 0 unspecified atom stereocenters. The second-order valence-electron chi connectivity index (χ2n) is 6.13. The van der Waals surface area contributed by atoms with Gasteiger partial charge in [-0.05, 0) is 36.4 Å². The van der Waals surface area contributed by atoms with Crippen molar-refractivity contribution in [1.82, 2.24) is 9.13 Å². The van der Waals surface area contributed by atoms with Gasteiger partial charge in [-0.25, -0.2) is 13.2 Å². The monoisotopic (exact) mass is 408 g/mol. The average molecular weight is 409 g/mol. The Morgan fingerprint density at radius 1 is 1.04 bits per heavy atom. The minimum absolute atomic E-state index is 0.106. The first kappa shape index (κ1) is 19.0.